The van der Waals surface area contributed by atoms with Crippen LogP contribution < -0.4 is 31.9 Å². The SMILES string of the molecule is NC(CCC(=O)[O-])C(=O)[O-].NC(CCC(=O)[O-])C(=O)[O-].O.O.O.O.O.O.O.O.[Mg+2]. The number of carbonyl (C=O) groups excluding carboxylic acids is 4. The zero-order valence-electron chi connectivity index (χ0n) is 15.1. The molecule has 2 atom stereocenters. The summed E-state index contributed by atoms with van der Waals surface area (Å²) in [5, 5.41) is 39.2. The van der Waals surface area contributed by atoms with E-state index in [2.05, 4.69) is 0 Å². The molecule has 180 valence electrons. The van der Waals surface area contributed by atoms with E-state index >= 15 is 0 Å². The number of nitrogens with two attached hydrogens (primary N) is 2. The molecule has 20 N–H and O–H groups in total. The molecule has 0 aromatic rings. The molecular formula is C10H30MgN2O16-2. The number of rotatable bonds is 8. The molecule has 0 spiro atoms. The number of hydrogen-bond acceptors (Lipinski definition) is 10. The molecule has 0 aliphatic heterocycles. The molecule has 0 aliphatic rings. The van der Waals surface area contributed by atoms with Crippen molar-refractivity contribution in [1.29, 1.82) is 0 Å². The van der Waals surface area contributed by atoms with Gasteiger partial charge in [0.25, 0.3) is 0 Å². The van der Waals surface area contributed by atoms with Gasteiger partial charge in [0.1, 0.15) is 0 Å². The minimum absolute atomic E-state index is 0. The Bertz CT molecular complexity index is 338. The average molecular weight is 459 g/mol. The molecule has 0 radical (unpaired) electrons. The van der Waals surface area contributed by atoms with E-state index in [1.165, 1.54) is 0 Å². The van der Waals surface area contributed by atoms with E-state index in [4.69, 9.17) is 11.5 Å². The van der Waals surface area contributed by atoms with E-state index in [1.807, 2.05) is 0 Å². The third kappa shape index (κ3) is 58.5. The van der Waals surface area contributed by atoms with Gasteiger partial charge in [-0.15, -0.1) is 0 Å². The summed E-state index contributed by atoms with van der Waals surface area (Å²) < 4.78 is 0. The number of carboxylic acid groups (broad SMARTS) is 4. The summed E-state index contributed by atoms with van der Waals surface area (Å²) in [5.41, 5.74) is 9.82. The smallest absolute Gasteiger partial charge is 0.550 e. The van der Waals surface area contributed by atoms with Crippen molar-refractivity contribution in [3.05, 3.63) is 0 Å². The van der Waals surface area contributed by atoms with E-state index < -0.39 is 36.0 Å². The first-order valence-electron chi connectivity index (χ1n) is 5.40. The van der Waals surface area contributed by atoms with Crippen molar-refractivity contribution >= 4 is 46.9 Å². The monoisotopic (exact) mass is 458 g/mol. The molecule has 0 aromatic carbocycles. The van der Waals surface area contributed by atoms with Crippen LogP contribution in [-0.2, 0) is 19.2 Å². The molecule has 29 heavy (non-hydrogen) atoms. The summed E-state index contributed by atoms with van der Waals surface area (Å²) in [4.78, 5) is 39.2. The van der Waals surface area contributed by atoms with Gasteiger partial charge in [0.2, 0.25) is 0 Å². The Labute approximate surface area is 180 Å². The Kier molecular flexibility index (Phi) is 100. The zero-order valence-corrected chi connectivity index (χ0v) is 16.5. The van der Waals surface area contributed by atoms with Crippen LogP contribution in [0, 0.1) is 0 Å². The van der Waals surface area contributed by atoms with Crippen LogP contribution in [-0.4, -0.2) is 103 Å². The van der Waals surface area contributed by atoms with Crippen molar-refractivity contribution in [3.63, 3.8) is 0 Å². The van der Waals surface area contributed by atoms with Gasteiger partial charge in [-0.2, -0.15) is 0 Å². The van der Waals surface area contributed by atoms with Crippen LogP contribution in [0.2, 0.25) is 0 Å². The predicted molar refractivity (Wildman–Crippen MR) is 89.1 cm³/mol. The Morgan fingerprint density at radius 1 is 0.552 bits per heavy atom. The standard InChI is InChI=1S/2C5H9NO4.Mg.8H2O/c2*6-3(5(9)10)1-2-4(7)8;;;;;;;;;/h2*3H,1-2,6H2,(H,7,8)(H,9,10);;8*1H2/q;;+2;;;;;;;;/p-4. The van der Waals surface area contributed by atoms with Gasteiger partial charge in [-0.05, 0) is 25.7 Å². The molecular weight excluding hydrogens is 428 g/mol. The number of carbonyl (C=O) groups is 4. The minimum Gasteiger partial charge on any atom is -0.550 e. The molecule has 2 unspecified atom stereocenters. The summed E-state index contributed by atoms with van der Waals surface area (Å²) in [6, 6.07) is -2.42. The molecule has 18 nitrogen and oxygen atoms in total. The first-order valence-corrected chi connectivity index (χ1v) is 5.40. The Balaban J connectivity index is -0.0000000189. The molecule has 0 amide bonds. The summed E-state index contributed by atoms with van der Waals surface area (Å²) in [6.07, 6.45) is -1.00. The van der Waals surface area contributed by atoms with Gasteiger partial charge in [0, 0.05) is 24.0 Å². The van der Waals surface area contributed by atoms with E-state index in [1.54, 1.807) is 0 Å². The maximum atomic E-state index is 9.86. The van der Waals surface area contributed by atoms with Crippen LogP contribution in [0.25, 0.3) is 0 Å². The normalized spacial score (nSPS) is 8.62. The molecule has 0 rings (SSSR count). The van der Waals surface area contributed by atoms with Gasteiger partial charge in [-0.1, -0.05) is 0 Å². The van der Waals surface area contributed by atoms with E-state index in [0.29, 0.717) is 0 Å². The quantitative estimate of drug-likeness (QED) is 0.323. The molecule has 19 heteroatoms. The fraction of sp³-hybridized carbons (Fsp3) is 0.600. The Hall–Kier alpha value is -1.75. The average Bonchev–Trinajstić information content (AvgIpc) is 2.33. The molecule has 0 saturated carbocycles. The van der Waals surface area contributed by atoms with Gasteiger partial charge in [-0.25, -0.2) is 0 Å². The number of carboxylic acids is 4. The van der Waals surface area contributed by atoms with E-state index in [-0.39, 0.29) is 92.5 Å². The number of aliphatic carboxylic acids is 4. The van der Waals surface area contributed by atoms with Crippen LogP contribution in [0.5, 0.6) is 0 Å². The van der Waals surface area contributed by atoms with Gasteiger partial charge < -0.3 is 94.9 Å². The van der Waals surface area contributed by atoms with Gasteiger partial charge in [-0.3, -0.25) is 0 Å². The van der Waals surface area contributed by atoms with Crippen molar-refractivity contribution in [2.75, 3.05) is 0 Å². The van der Waals surface area contributed by atoms with Crippen molar-refractivity contribution in [2.45, 2.75) is 37.8 Å². The van der Waals surface area contributed by atoms with E-state index in [9.17, 15) is 39.6 Å². The molecule has 0 aliphatic carbocycles. The van der Waals surface area contributed by atoms with Gasteiger partial charge >= 0.3 is 23.1 Å². The maximum Gasteiger partial charge on any atom is 2.00 e. The fourth-order valence-corrected chi connectivity index (χ4v) is 0.782. The second-order valence-corrected chi connectivity index (χ2v) is 3.67. The molecule has 0 heterocycles. The molecule has 0 saturated heterocycles. The topological polar surface area (TPSA) is 465 Å². The third-order valence-corrected chi connectivity index (χ3v) is 1.92. The minimum atomic E-state index is -1.44. The molecule has 0 bridgehead atoms. The Morgan fingerprint density at radius 3 is 0.828 bits per heavy atom. The van der Waals surface area contributed by atoms with Crippen molar-refractivity contribution in [2.24, 2.45) is 11.5 Å². The largest absolute Gasteiger partial charge is 2.00 e. The third-order valence-electron chi connectivity index (χ3n) is 1.92. The molecule has 0 aromatic heterocycles. The predicted octanol–water partition coefficient (Wildman–Crippen LogP) is -13.8. The van der Waals surface area contributed by atoms with Gasteiger partial charge in [0.15, 0.2) is 0 Å². The van der Waals surface area contributed by atoms with Crippen LogP contribution in [0.15, 0.2) is 0 Å². The van der Waals surface area contributed by atoms with Gasteiger partial charge in [0.05, 0.1) is 11.9 Å². The summed E-state index contributed by atoms with van der Waals surface area (Å²) >= 11 is 0. The first kappa shape index (κ1) is 71.1. The summed E-state index contributed by atoms with van der Waals surface area (Å²) in [5.74, 6) is -5.50. The van der Waals surface area contributed by atoms with Crippen LogP contribution in [0.3, 0.4) is 0 Å². The summed E-state index contributed by atoms with van der Waals surface area (Å²) in [6.45, 7) is 0. The summed E-state index contributed by atoms with van der Waals surface area (Å²) in [7, 11) is 0. The zero-order chi connectivity index (χ0) is 16.3. The Morgan fingerprint density at radius 2 is 0.724 bits per heavy atom. The van der Waals surface area contributed by atoms with Crippen LogP contribution in [0.1, 0.15) is 25.7 Å². The van der Waals surface area contributed by atoms with Crippen LogP contribution >= 0.6 is 0 Å². The van der Waals surface area contributed by atoms with E-state index in [0.717, 1.165) is 0 Å². The molecule has 0 fully saturated rings. The van der Waals surface area contributed by atoms with Crippen molar-refractivity contribution in [3.8, 4) is 0 Å². The van der Waals surface area contributed by atoms with Crippen LogP contribution in [0.4, 0.5) is 0 Å². The number of hydrogen-bond donors (Lipinski definition) is 2. The second-order valence-electron chi connectivity index (χ2n) is 3.67. The van der Waals surface area contributed by atoms with Crippen molar-refractivity contribution < 1.29 is 83.4 Å². The van der Waals surface area contributed by atoms with Crippen molar-refractivity contribution in [1.82, 2.24) is 0 Å². The maximum absolute atomic E-state index is 9.86. The second kappa shape index (κ2) is 40.8. The fourth-order valence-electron chi connectivity index (χ4n) is 0.782. The first-order chi connectivity index (χ1) is 9.07.